The lowest BCUT2D eigenvalue weighted by Crippen LogP contribution is -2.74. The van der Waals surface area contributed by atoms with E-state index in [9.17, 15) is 4.79 Å². The summed E-state index contributed by atoms with van der Waals surface area (Å²) in [5.74, 6) is 0.452. The Bertz CT molecular complexity index is 455. The van der Waals surface area contributed by atoms with Crippen LogP contribution in [0.5, 0.6) is 0 Å². The minimum absolute atomic E-state index is 0.0455. The van der Waals surface area contributed by atoms with Gasteiger partial charge >= 0.3 is 0 Å². The van der Waals surface area contributed by atoms with Gasteiger partial charge in [-0.25, -0.2) is 9.78 Å². The van der Waals surface area contributed by atoms with Crippen LogP contribution in [0.2, 0.25) is 0 Å². The van der Waals surface area contributed by atoms with Crippen LogP contribution in [0.4, 0.5) is 0 Å². The van der Waals surface area contributed by atoms with Crippen LogP contribution >= 0.6 is 0 Å². The van der Waals surface area contributed by atoms with Gasteiger partial charge < -0.3 is 10.1 Å². The molecule has 1 saturated carbocycles. The van der Waals surface area contributed by atoms with Crippen LogP contribution in [0.25, 0.3) is 0 Å². The molecule has 5 rings (SSSR count). The van der Waals surface area contributed by atoms with Gasteiger partial charge in [-0.15, -0.1) is 0 Å². The van der Waals surface area contributed by atoms with Crippen molar-refractivity contribution in [3.05, 3.63) is 0 Å². The number of hydrogen-bond acceptors (Lipinski definition) is 4. The van der Waals surface area contributed by atoms with E-state index in [4.69, 9.17) is 14.5 Å². The van der Waals surface area contributed by atoms with Gasteiger partial charge in [-0.1, -0.05) is 13.8 Å². The van der Waals surface area contributed by atoms with E-state index in [0.717, 1.165) is 25.7 Å². The molecule has 4 aliphatic heterocycles. The van der Waals surface area contributed by atoms with E-state index >= 15 is 0 Å². The standard InChI is InChI=1S/C15H23NO4/c1-8-4-5-11-9(2)12(17)16-13-15(11)10(8)6-7-14(3,18-13)19-20-15/h8-11,13H,4-7H2,1-3H3,(H,16,17)/t8-,9-,10+,11+,13-,14-,15+/m1/s1. The van der Waals surface area contributed by atoms with Gasteiger partial charge in [0.05, 0.1) is 0 Å². The second-order valence-electron chi connectivity index (χ2n) is 7.26. The second kappa shape index (κ2) is 3.96. The molecule has 5 fully saturated rings. The maximum absolute atomic E-state index is 12.2. The molecule has 0 aromatic carbocycles. The van der Waals surface area contributed by atoms with Crippen molar-refractivity contribution in [2.75, 3.05) is 0 Å². The summed E-state index contributed by atoms with van der Waals surface area (Å²) in [6.45, 7) is 6.19. The van der Waals surface area contributed by atoms with Gasteiger partial charge in [0.25, 0.3) is 0 Å². The van der Waals surface area contributed by atoms with Gasteiger partial charge in [-0.05, 0) is 38.0 Å². The molecule has 1 spiro atoms. The molecule has 5 aliphatic rings. The number of rotatable bonds is 0. The number of piperidine rings is 1. The Hall–Kier alpha value is -0.650. The molecule has 4 saturated heterocycles. The first-order valence-electron chi connectivity index (χ1n) is 7.81. The Balaban J connectivity index is 1.84. The molecule has 1 N–H and O–H groups in total. The second-order valence-corrected chi connectivity index (χ2v) is 7.26. The average molecular weight is 281 g/mol. The maximum Gasteiger partial charge on any atom is 0.225 e. The van der Waals surface area contributed by atoms with E-state index in [2.05, 4.69) is 12.2 Å². The van der Waals surface area contributed by atoms with Gasteiger partial charge in [-0.3, -0.25) is 4.79 Å². The molecule has 112 valence electrons. The Morgan fingerprint density at radius 1 is 1.15 bits per heavy atom. The van der Waals surface area contributed by atoms with Crippen LogP contribution in [-0.2, 0) is 19.3 Å². The fraction of sp³-hybridized carbons (Fsp3) is 0.933. The summed E-state index contributed by atoms with van der Waals surface area (Å²) in [5.41, 5.74) is -0.499. The molecule has 0 aromatic heterocycles. The molecule has 1 aliphatic carbocycles. The molecule has 5 nitrogen and oxygen atoms in total. The van der Waals surface area contributed by atoms with Gasteiger partial charge in [0.15, 0.2) is 11.8 Å². The highest BCUT2D eigenvalue weighted by molar-refractivity contribution is 5.80. The van der Waals surface area contributed by atoms with E-state index in [1.165, 1.54) is 0 Å². The highest BCUT2D eigenvalue weighted by atomic mass is 17.3. The Morgan fingerprint density at radius 2 is 1.95 bits per heavy atom. The van der Waals surface area contributed by atoms with E-state index in [1.807, 2.05) is 13.8 Å². The summed E-state index contributed by atoms with van der Waals surface area (Å²) in [6.07, 6.45) is 3.64. The van der Waals surface area contributed by atoms with Crippen LogP contribution in [0.15, 0.2) is 0 Å². The third-order valence-corrected chi connectivity index (χ3v) is 6.12. The van der Waals surface area contributed by atoms with Crippen LogP contribution in [0, 0.1) is 23.7 Å². The first-order chi connectivity index (χ1) is 9.46. The average Bonchev–Trinajstić information content (AvgIpc) is 2.63. The number of hydrogen-bond donors (Lipinski definition) is 1. The molecular formula is C15H23NO4. The lowest BCUT2D eigenvalue weighted by atomic mass is 9.57. The predicted octanol–water partition coefficient (Wildman–Crippen LogP) is 1.97. The summed E-state index contributed by atoms with van der Waals surface area (Å²) in [4.78, 5) is 23.9. The summed E-state index contributed by atoms with van der Waals surface area (Å²) in [5, 5.41) is 3.04. The molecule has 0 radical (unpaired) electrons. The van der Waals surface area contributed by atoms with Crippen molar-refractivity contribution < 1.29 is 19.3 Å². The zero-order valence-corrected chi connectivity index (χ0v) is 12.3. The van der Waals surface area contributed by atoms with Gasteiger partial charge in [0.2, 0.25) is 11.7 Å². The van der Waals surface area contributed by atoms with E-state index in [0.29, 0.717) is 11.8 Å². The summed E-state index contributed by atoms with van der Waals surface area (Å²) >= 11 is 0. The summed E-state index contributed by atoms with van der Waals surface area (Å²) < 4.78 is 6.12. The molecule has 1 amide bonds. The van der Waals surface area contributed by atoms with Gasteiger partial charge in [-0.2, -0.15) is 0 Å². The van der Waals surface area contributed by atoms with Crippen LogP contribution < -0.4 is 5.32 Å². The lowest BCUT2D eigenvalue weighted by Gasteiger charge is -2.58. The van der Waals surface area contributed by atoms with Crippen molar-refractivity contribution in [3.63, 3.8) is 0 Å². The molecular weight excluding hydrogens is 258 g/mol. The quantitative estimate of drug-likeness (QED) is 0.690. The molecule has 2 bridgehead atoms. The van der Waals surface area contributed by atoms with Crippen molar-refractivity contribution >= 4 is 5.91 Å². The number of amides is 1. The maximum atomic E-state index is 12.2. The molecule has 20 heavy (non-hydrogen) atoms. The monoisotopic (exact) mass is 281 g/mol. The van der Waals surface area contributed by atoms with Crippen molar-refractivity contribution in [3.8, 4) is 0 Å². The van der Waals surface area contributed by atoms with Crippen LogP contribution in [0.1, 0.15) is 46.5 Å². The highest BCUT2D eigenvalue weighted by Gasteiger charge is 2.68. The number of fused-ring (bicyclic) bond motifs is 2. The molecule has 7 atom stereocenters. The normalized spacial score (nSPS) is 57.8. The zero-order chi connectivity index (χ0) is 14.1. The number of nitrogens with one attached hydrogen (secondary N) is 1. The Kier molecular flexibility index (Phi) is 2.58. The van der Waals surface area contributed by atoms with E-state index < -0.39 is 11.4 Å². The summed E-state index contributed by atoms with van der Waals surface area (Å²) in [6, 6.07) is 0. The minimum atomic E-state index is -0.731. The zero-order valence-electron chi connectivity index (χ0n) is 12.3. The van der Waals surface area contributed by atoms with Crippen molar-refractivity contribution in [1.82, 2.24) is 5.32 Å². The molecule has 5 heteroatoms. The van der Waals surface area contributed by atoms with E-state index in [-0.39, 0.29) is 24.0 Å². The van der Waals surface area contributed by atoms with E-state index in [1.54, 1.807) is 0 Å². The fourth-order valence-electron chi connectivity index (χ4n) is 4.92. The summed E-state index contributed by atoms with van der Waals surface area (Å²) in [7, 11) is 0. The van der Waals surface area contributed by atoms with Crippen molar-refractivity contribution in [1.29, 1.82) is 0 Å². The molecule has 4 heterocycles. The Morgan fingerprint density at radius 3 is 2.75 bits per heavy atom. The fourth-order valence-corrected chi connectivity index (χ4v) is 4.92. The number of carbonyl (C=O) groups is 1. The SMILES string of the molecule is C[C@@H]1CC[C@H]2[C@@H](C)C(=O)N[C@@H]3O[C@@]4(C)CC[C@@H]1[C@@]32OO4. The first kappa shape index (κ1) is 13.0. The molecule has 0 unspecified atom stereocenters. The predicted molar refractivity (Wildman–Crippen MR) is 70.1 cm³/mol. The minimum Gasteiger partial charge on any atom is -0.328 e. The molecule has 0 aromatic rings. The first-order valence-corrected chi connectivity index (χ1v) is 7.81. The van der Waals surface area contributed by atoms with Gasteiger partial charge in [0, 0.05) is 18.3 Å². The smallest absolute Gasteiger partial charge is 0.225 e. The Labute approximate surface area is 119 Å². The lowest BCUT2D eigenvalue weighted by molar-refractivity contribution is -0.538. The van der Waals surface area contributed by atoms with Crippen molar-refractivity contribution in [2.24, 2.45) is 23.7 Å². The third kappa shape index (κ3) is 1.46. The largest absolute Gasteiger partial charge is 0.328 e. The van der Waals surface area contributed by atoms with Crippen LogP contribution in [-0.4, -0.2) is 23.5 Å². The topological polar surface area (TPSA) is 56.8 Å². The number of ether oxygens (including phenoxy) is 1. The van der Waals surface area contributed by atoms with Crippen molar-refractivity contribution in [2.45, 2.75) is 64.1 Å². The number of carbonyl (C=O) groups excluding carboxylic acids is 1. The highest BCUT2D eigenvalue weighted by Crippen LogP contribution is 2.58. The third-order valence-electron chi connectivity index (χ3n) is 6.12. The van der Waals surface area contributed by atoms with Gasteiger partial charge in [0.1, 0.15) is 0 Å². The van der Waals surface area contributed by atoms with Crippen LogP contribution in [0.3, 0.4) is 0 Å².